The number of hydrogen-bond acceptors (Lipinski definition) is 3. The fourth-order valence-corrected chi connectivity index (χ4v) is 3.06. The van der Waals surface area contributed by atoms with Crippen LogP contribution in [-0.2, 0) is 20.7 Å². The molecule has 2 aromatic carbocycles. The molecule has 0 radical (unpaired) electrons. The third-order valence-corrected chi connectivity index (χ3v) is 4.48. The standard InChI is InChI=1S/C22H23NO3/c24-21(16-26-22(25)18-11-5-2-6-12-18)23-20-14-8-7-13-19(20)15-17-9-3-1-4-10-17/h1-5,7-10,13-14,18H,6,11-12,15-16H2,(H,23,24)/t18-/m1/s1. The molecule has 2 aromatic rings. The second-order valence-corrected chi connectivity index (χ2v) is 6.46. The van der Waals surface area contributed by atoms with Gasteiger partial charge in [-0.05, 0) is 42.9 Å². The molecule has 0 saturated carbocycles. The van der Waals surface area contributed by atoms with E-state index in [0.29, 0.717) is 6.42 Å². The molecule has 1 N–H and O–H groups in total. The molecule has 4 heteroatoms. The van der Waals surface area contributed by atoms with Crippen LogP contribution < -0.4 is 5.32 Å². The minimum Gasteiger partial charge on any atom is -0.455 e. The van der Waals surface area contributed by atoms with Crippen LogP contribution in [0.1, 0.15) is 30.4 Å². The van der Waals surface area contributed by atoms with Crippen LogP contribution in [-0.4, -0.2) is 18.5 Å². The number of para-hydroxylation sites is 1. The van der Waals surface area contributed by atoms with Crippen LogP contribution in [0.3, 0.4) is 0 Å². The van der Waals surface area contributed by atoms with Crippen LogP contribution in [0.4, 0.5) is 5.69 Å². The highest BCUT2D eigenvalue weighted by atomic mass is 16.5. The molecule has 0 bridgehead atoms. The minimum absolute atomic E-state index is 0.127. The van der Waals surface area contributed by atoms with Gasteiger partial charge in [0.15, 0.2) is 6.61 Å². The molecule has 1 atom stereocenters. The maximum Gasteiger partial charge on any atom is 0.309 e. The van der Waals surface area contributed by atoms with Gasteiger partial charge in [-0.3, -0.25) is 9.59 Å². The van der Waals surface area contributed by atoms with Crippen LogP contribution in [0, 0.1) is 5.92 Å². The second-order valence-electron chi connectivity index (χ2n) is 6.46. The van der Waals surface area contributed by atoms with E-state index in [-0.39, 0.29) is 24.4 Å². The van der Waals surface area contributed by atoms with Gasteiger partial charge in [0.1, 0.15) is 0 Å². The molecule has 4 nitrogen and oxygen atoms in total. The number of anilines is 1. The molecule has 0 spiro atoms. The van der Waals surface area contributed by atoms with Crippen molar-refractivity contribution in [3.8, 4) is 0 Å². The largest absolute Gasteiger partial charge is 0.455 e. The Morgan fingerprint density at radius 3 is 2.54 bits per heavy atom. The summed E-state index contributed by atoms with van der Waals surface area (Å²) in [5, 5.41) is 2.86. The molecule has 0 saturated heterocycles. The number of amides is 1. The summed E-state index contributed by atoms with van der Waals surface area (Å²) in [5.74, 6) is -0.731. The average Bonchev–Trinajstić information content (AvgIpc) is 2.69. The number of nitrogens with one attached hydrogen (secondary N) is 1. The van der Waals surface area contributed by atoms with E-state index in [1.807, 2.05) is 48.5 Å². The Morgan fingerprint density at radius 2 is 1.77 bits per heavy atom. The first kappa shape index (κ1) is 17.9. The molecule has 0 unspecified atom stereocenters. The summed E-state index contributed by atoms with van der Waals surface area (Å²) in [4.78, 5) is 24.2. The Kier molecular flexibility index (Phi) is 6.20. The van der Waals surface area contributed by atoms with Crippen molar-refractivity contribution in [1.29, 1.82) is 0 Å². The van der Waals surface area contributed by atoms with Gasteiger partial charge < -0.3 is 10.1 Å². The van der Waals surface area contributed by atoms with Crippen molar-refractivity contribution in [2.45, 2.75) is 25.7 Å². The lowest BCUT2D eigenvalue weighted by molar-refractivity contribution is -0.151. The normalized spacial score (nSPS) is 16.1. The summed E-state index contributed by atoms with van der Waals surface area (Å²) >= 11 is 0. The predicted octanol–water partition coefficient (Wildman–Crippen LogP) is 4.12. The van der Waals surface area contributed by atoms with Crippen molar-refractivity contribution in [3.05, 3.63) is 77.9 Å². The number of hydrogen-bond donors (Lipinski definition) is 1. The number of rotatable bonds is 6. The quantitative estimate of drug-likeness (QED) is 0.630. The SMILES string of the molecule is O=C(COC(=O)[C@@H]1CC=CCC1)Nc1ccccc1Cc1ccccc1. The Labute approximate surface area is 153 Å². The summed E-state index contributed by atoms with van der Waals surface area (Å²) in [6.07, 6.45) is 7.16. The number of allylic oxidation sites excluding steroid dienone is 2. The van der Waals surface area contributed by atoms with Gasteiger partial charge in [-0.25, -0.2) is 0 Å². The summed E-state index contributed by atoms with van der Waals surface area (Å²) in [6, 6.07) is 17.8. The first-order valence-corrected chi connectivity index (χ1v) is 8.95. The Hall–Kier alpha value is -2.88. The van der Waals surface area contributed by atoms with E-state index in [9.17, 15) is 9.59 Å². The number of esters is 1. The van der Waals surface area contributed by atoms with E-state index in [4.69, 9.17) is 4.74 Å². The summed E-state index contributed by atoms with van der Waals surface area (Å²) in [7, 11) is 0. The number of ether oxygens (including phenoxy) is 1. The Balaban J connectivity index is 1.55. The molecule has 1 amide bonds. The fraction of sp³-hybridized carbons (Fsp3) is 0.273. The highest BCUT2D eigenvalue weighted by Gasteiger charge is 2.21. The van der Waals surface area contributed by atoms with Crippen molar-refractivity contribution >= 4 is 17.6 Å². The Morgan fingerprint density at radius 1 is 1.00 bits per heavy atom. The minimum atomic E-state index is -0.315. The average molecular weight is 349 g/mol. The van der Waals surface area contributed by atoms with E-state index in [1.54, 1.807) is 0 Å². The van der Waals surface area contributed by atoms with Crippen molar-refractivity contribution in [1.82, 2.24) is 0 Å². The molecule has 0 aromatic heterocycles. The first-order valence-electron chi connectivity index (χ1n) is 8.95. The summed E-state index contributed by atoms with van der Waals surface area (Å²) in [6.45, 7) is -0.251. The third kappa shape index (κ3) is 5.06. The highest BCUT2D eigenvalue weighted by Crippen LogP contribution is 2.20. The van der Waals surface area contributed by atoms with E-state index in [1.165, 1.54) is 5.56 Å². The molecule has 1 aliphatic rings. The molecule has 134 valence electrons. The van der Waals surface area contributed by atoms with Crippen molar-refractivity contribution < 1.29 is 14.3 Å². The van der Waals surface area contributed by atoms with E-state index in [0.717, 1.165) is 30.5 Å². The summed E-state index contributed by atoms with van der Waals surface area (Å²) in [5.41, 5.74) is 2.94. The monoisotopic (exact) mass is 349 g/mol. The van der Waals surface area contributed by atoms with Crippen LogP contribution >= 0.6 is 0 Å². The van der Waals surface area contributed by atoms with Gasteiger partial charge in [0.2, 0.25) is 0 Å². The van der Waals surface area contributed by atoms with Gasteiger partial charge >= 0.3 is 5.97 Å². The zero-order chi connectivity index (χ0) is 18.2. The molecule has 0 aliphatic heterocycles. The first-order chi connectivity index (χ1) is 12.7. The van der Waals surface area contributed by atoms with Crippen molar-refractivity contribution in [2.24, 2.45) is 5.92 Å². The van der Waals surface area contributed by atoms with Gasteiger partial charge in [-0.15, -0.1) is 0 Å². The smallest absolute Gasteiger partial charge is 0.309 e. The molecular weight excluding hydrogens is 326 g/mol. The van der Waals surface area contributed by atoms with E-state index >= 15 is 0 Å². The summed E-state index contributed by atoms with van der Waals surface area (Å²) < 4.78 is 5.19. The second kappa shape index (κ2) is 8.99. The van der Waals surface area contributed by atoms with Gasteiger partial charge in [0.05, 0.1) is 5.92 Å². The number of carbonyl (C=O) groups excluding carboxylic acids is 2. The van der Waals surface area contributed by atoms with Crippen molar-refractivity contribution in [3.63, 3.8) is 0 Å². The van der Waals surface area contributed by atoms with Gasteiger partial charge in [0, 0.05) is 5.69 Å². The lowest BCUT2D eigenvalue weighted by atomic mass is 9.95. The van der Waals surface area contributed by atoms with Crippen LogP contribution in [0.5, 0.6) is 0 Å². The lowest BCUT2D eigenvalue weighted by Crippen LogP contribution is -2.25. The zero-order valence-corrected chi connectivity index (χ0v) is 14.7. The maximum absolute atomic E-state index is 12.2. The number of benzene rings is 2. The van der Waals surface area contributed by atoms with Gasteiger partial charge in [0.25, 0.3) is 5.91 Å². The van der Waals surface area contributed by atoms with Crippen LogP contribution in [0.25, 0.3) is 0 Å². The molecular formula is C22H23NO3. The lowest BCUT2D eigenvalue weighted by Gasteiger charge is -2.16. The van der Waals surface area contributed by atoms with Gasteiger partial charge in [-0.2, -0.15) is 0 Å². The fourth-order valence-electron chi connectivity index (χ4n) is 3.06. The topological polar surface area (TPSA) is 55.4 Å². The van der Waals surface area contributed by atoms with E-state index < -0.39 is 0 Å². The predicted molar refractivity (Wildman–Crippen MR) is 102 cm³/mol. The number of carbonyl (C=O) groups is 2. The van der Waals surface area contributed by atoms with Crippen molar-refractivity contribution in [2.75, 3.05) is 11.9 Å². The zero-order valence-electron chi connectivity index (χ0n) is 14.7. The van der Waals surface area contributed by atoms with Gasteiger partial charge in [-0.1, -0.05) is 60.7 Å². The molecule has 0 fully saturated rings. The maximum atomic E-state index is 12.2. The highest BCUT2D eigenvalue weighted by molar-refractivity contribution is 5.93. The molecule has 0 heterocycles. The molecule has 3 rings (SSSR count). The van der Waals surface area contributed by atoms with E-state index in [2.05, 4.69) is 23.5 Å². The molecule has 1 aliphatic carbocycles. The third-order valence-electron chi connectivity index (χ3n) is 4.48. The Bertz CT molecular complexity index is 783. The van der Waals surface area contributed by atoms with Crippen LogP contribution in [0.2, 0.25) is 0 Å². The molecule has 26 heavy (non-hydrogen) atoms. The van der Waals surface area contributed by atoms with Crippen LogP contribution in [0.15, 0.2) is 66.7 Å².